The van der Waals surface area contributed by atoms with Gasteiger partial charge in [-0.25, -0.2) is 0 Å². The van der Waals surface area contributed by atoms with Gasteiger partial charge in [-0.15, -0.1) is 0 Å². The molecule has 0 bridgehead atoms. The standard InChI is InChI=1S/C13H26NO3/c1-10(15)8-11(9-14(5,6)7)17-12(16)13(2,3)4/h11H,8-9H2,1-7H3/q+1. The van der Waals surface area contributed by atoms with Gasteiger partial charge in [0.25, 0.3) is 0 Å². The van der Waals surface area contributed by atoms with Crippen LogP contribution in [0.1, 0.15) is 34.1 Å². The summed E-state index contributed by atoms with van der Waals surface area (Å²) in [5.74, 6) is -0.206. The zero-order chi connectivity index (χ0) is 13.9. The monoisotopic (exact) mass is 244 g/mol. The highest BCUT2D eigenvalue weighted by molar-refractivity contribution is 5.78. The zero-order valence-corrected chi connectivity index (χ0v) is 12.2. The summed E-state index contributed by atoms with van der Waals surface area (Å²) in [5.41, 5.74) is -0.528. The van der Waals surface area contributed by atoms with Crippen LogP contribution in [0.5, 0.6) is 0 Å². The van der Waals surface area contributed by atoms with E-state index in [0.717, 1.165) is 0 Å². The summed E-state index contributed by atoms with van der Waals surface area (Å²) in [7, 11) is 6.04. The molecule has 4 nitrogen and oxygen atoms in total. The number of carbonyl (C=O) groups excluding carboxylic acids is 2. The van der Waals surface area contributed by atoms with Gasteiger partial charge in [0.1, 0.15) is 12.3 Å². The molecular formula is C13H26NO3+. The Hall–Kier alpha value is -0.900. The van der Waals surface area contributed by atoms with Crippen molar-refractivity contribution in [2.24, 2.45) is 5.41 Å². The van der Waals surface area contributed by atoms with Gasteiger partial charge in [0.15, 0.2) is 6.10 Å². The van der Waals surface area contributed by atoms with E-state index in [1.807, 2.05) is 41.9 Å². The third kappa shape index (κ3) is 7.91. The Morgan fingerprint density at radius 2 is 1.65 bits per heavy atom. The Kier molecular flexibility index (Phi) is 5.33. The fraction of sp³-hybridized carbons (Fsp3) is 0.846. The molecule has 0 aromatic heterocycles. The summed E-state index contributed by atoms with van der Waals surface area (Å²) in [6.07, 6.45) is -0.0450. The number of rotatable bonds is 5. The molecule has 100 valence electrons. The van der Waals surface area contributed by atoms with Gasteiger partial charge in [-0.1, -0.05) is 0 Å². The van der Waals surface area contributed by atoms with Gasteiger partial charge in [0.05, 0.1) is 26.6 Å². The van der Waals surface area contributed by atoms with E-state index in [0.29, 0.717) is 11.0 Å². The number of hydrogen-bond acceptors (Lipinski definition) is 3. The van der Waals surface area contributed by atoms with E-state index in [1.54, 1.807) is 0 Å². The molecule has 0 radical (unpaired) electrons. The number of carbonyl (C=O) groups is 2. The van der Waals surface area contributed by atoms with Crippen LogP contribution in [0.2, 0.25) is 0 Å². The lowest BCUT2D eigenvalue weighted by atomic mass is 9.97. The molecule has 0 rings (SSSR count). The van der Waals surface area contributed by atoms with Gasteiger partial charge >= 0.3 is 5.97 Å². The number of quaternary nitrogens is 1. The Morgan fingerprint density at radius 1 is 1.18 bits per heavy atom. The van der Waals surface area contributed by atoms with Gasteiger partial charge < -0.3 is 9.22 Å². The van der Waals surface area contributed by atoms with Crippen molar-refractivity contribution < 1.29 is 18.8 Å². The highest BCUT2D eigenvalue weighted by atomic mass is 16.5. The fourth-order valence-electron chi connectivity index (χ4n) is 1.40. The zero-order valence-electron chi connectivity index (χ0n) is 12.2. The quantitative estimate of drug-likeness (QED) is 0.545. The van der Waals surface area contributed by atoms with Crippen molar-refractivity contribution in [2.45, 2.75) is 40.2 Å². The maximum atomic E-state index is 11.8. The molecule has 0 amide bonds. The second-order valence-corrected chi connectivity index (χ2v) is 6.66. The lowest BCUT2D eigenvalue weighted by Gasteiger charge is -2.30. The second-order valence-electron chi connectivity index (χ2n) is 6.66. The molecule has 0 aliphatic carbocycles. The largest absolute Gasteiger partial charge is 0.455 e. The Balaban J connectivity index is 4.60. The predicted octanol–water partition coefficient (Wildman–Crippen LogP) is 1.63. The van der Waals surface area contributed by atoms with Crippen LogP contribution in [-0.2, 0) is 14.3 Å². The summed E-state index contributed by atoms with van der Waals surface area (Å²) >= 11 is 0. The first kappa shape index (κ1) is 16.1. The molecule has 0 aliphatic heterocycles. The lowest BCUT2D eigenvalue weighted by molar-refractivity contribution is -0.873. The van der Waals surface area contributed by atoms with Crippen molar-refractivity contribution in [3.8, 4) is 0 Å². The van der Waals surface area contributed by atoms with Crippen molar-refractivity contribution >= 4 is 11.8 Å². The van der Waals surface area contributed by atoms with Crippen LogP contribution >= 0.6 is 0 Å². The van der Waals surface area contributed by atoms with E-state index in [2.05, 4.69) is 0 Å². The summed E-state index contributed by atoms with van der Waals surface area (Å²) in [6, 6.07) is 0. The average Bonchev–Trinajstić information content (AvgIpc) is 1.96. The molecule has 0 heterocycles. The molecule has 0 saturated heterocycles. The molecule has 0 aliphatic rings. The summed E-state index contributed by atoms with van der Waals surface area (Å²) in [5, 5.41) is 0. The van der Waals surface area contributed by atoms with E-state index in [4.69, 9.17) is 4.74 Å². The molecule has 0 N–H and O–H groups in total. The average molecular weight is 244 g/mol. The number of ether oxygens (including phenoxy) is 1. The van der Waals surface area contributed by atoms with Crippen molar-refractivity contribution in [1.82, 2.24) is 0 Å². The molecule has 17 heavy (non-hydrogen) atoms. The molecule has 4 heteroatoms. The van der Waals surface area contributed by atoms with Crippen molar-refractivity contribution in [1.29, 1.82) is 0 Å². The number of hydrogen-bond donors (Lipinski definition) is 0. The van der Waals surface area contributed by atoms with Crippen molar-refractivity contribution in [3.63, 3.8) is 0 Å². The maximum absolute atomic E-state index is 11.8. The smallest absolute Gasteiger partial charge is 0.311 e. The summed E-state index contributed by atoms with van der Waals surface area (Å²) in [4.78, 5) is 23.0. The molecule has 1 atom stereocenters. The van der Waals surface area contributed by atoms with Crippen LogP contribution in [0.3, 0.4) is 0 Å². The second kappa shape index (κ2) is 5.63. The minimum absolute atomic E-state index is 0.0464. The SMILES string of the molecule is CC(=O)CC(C[N+](C)(C)C)OC(=O)C(C)(C)C. The Morgan fingerprint density at radius 3 is 1.94 bits per heavy atom. The molecule has 0 spiro atoms. The van der Waals surface area contributed by atoms with Gasteiger partial charge in [0, 0.05) is 6.42 Å². The number of esters is 1. The highest BCUT2D eigenvalue weighted by Gasteiger charge is 2.29. The first-order chi connectivity index (χ1) is 7.42. The molecule has 0 saturated carbocycles. The van der Waals surface area contributed by atoms with Gasteiger partial charge in [-0.2, -0.15) is 0 Å². The Labute approximate surface area is 105 Å². The third-order valence-electron chi connectivity index (χ3n) is 2.15. The van der Waals surface area contributed by atoms with E-state index in [1.165, 1.54) is 6.92 Å². The number of nitrogens with zero attached hydrogens (tertiary/aromatic N) is 1. The predicted molar refractivity (Wildman–Crippen MR) is 67.5 cm³/mol. The molecular weight excluding hydrogens is 218 g/mol. The summed E-state index contributed by atoms with van der Waals surface area (Å²) in [6.45, 7) is 7.60. The normalized spacial score (nSPS) is 14.3. The maximum Gasteiger partial charge on any atom is 0.311 e. The number of Topliss-reactive ketones (excluding diaryl/α,β-unsaturated/α-hetero) is 1. The van der Waals surface area contributed by atoms with Crippen LogP contribution in [0, 0.1) is 5.41 Å². The van der Waals surface area contributed by atoms with E-state index < -0.39 is 5.41 Å². The molecule has 0 aromatic carbocycles. The summed E-state index contributed by atoms with van der Waals surface area (Å²) < 4.78 is 6.09. The fourth-order valence-corrected chi connectivity index (χ4v) is 1.40. The minimum atomic E-state index is -0.528. The molecule has 0 aromatic rings. The van der Waals surface area contributed by atoms with Gasteiger partial charge in [0.2, 0.25) is 0 Å². The van der Waals surface area contributed by atoms with Crippen molar-refractivity contribution in [2.75, 3.05) is 27.7 Å². The van der Waals surface area contributed by atoms with Crippen LogP contribution < -0.4 is 0 Å². The third-order valence-corrected chi connectivity index (χ3v) is 2.15. The first-order valence-corrected chi connectivity index (χ1v) is 5.93. The lowest BCUT2D eigenvalue weighted by Crippen LogP contribution is -2.44. The van der Waals surface area contributed by atoms with Crippen LogP contribution in [0.4, 0.5) is 0 Å². The van der Waals surface area contributed by atoms with Crippen molar-refractivity contribution in [3.05, 3.63) is 0 Å². The number of likely N-dealkylation sites (N-methyl/N-ethyl adjacent to an activating group) is 1. The first-order valence-electron chi connectivity index (χ1n) is 5.93. The van der Waals surface area contributed by atoms with Gasteiger partial charge in [-0.3, -0.25) is 9.59 Å². The van der Waals surface area contributed by atoms with Crippen LogP contribution in [0.25, 0.3) is 0 Å². The van der Waals surface area contributed by atoms with Crippen LogP contribution in [0.15, 0.2) is 0 Å². The highest BCUT2D eigenvalue weighted by Crippen LogP contribution is 2.18. The topological polar surface area (TPSA) is 43.4 Å². The Bertz CT molecular complexity index is 284. The van der Waals surface area contributed by atoms with Crippen LogP contribution in [-0.4, -0.2) is 50.0 Å². The number of ketones is 1. The molecule has 1 unspecified atom stereocenters. The van der Waals surface area contributed by atoms with E-state index in [-0.39, 0.29) is 24.3 Å². The van der Waals surface area contributed by atoms with E-state index in [9.17, 15) is 9.59 Å². The minimum Gasteiger partial charge on any atom is -0.455 e. The van der Waals surface area contributed by atoms with Gasteiger partial charge in [-0.05, 0) is 27.7 Å². The molecule has 0 fully saturated rings. The van der Waals surface area contributed by atoms with E-state index >= 15 is 0 Å².